The van der Waals surface area contributed by atoms with E-state index in [0.717, 1.165) is 53.1 Å². The summed E-state index contributed by atoms with van der Waals surface area (Å²) in [6.45, 7) is 8.01. The third kappa shape index (κ3) is 5.12. The smallest absolute Gasteiger partial charge is 0.323 e. The summed E-state index contributed by atoms with van der Waals surface area (Å²) >= 11 is 0. The van der Waals surface area contributed by atoms with Crippen LogP contribution in [0.5, 0.6) is 0 Å². The number of anilines is 5. The van der Waals surface area contributed by atoms with Crippen LogP contribution in [0, 0.1) is 20.8 Å². The molecule has 0 aliphatic carbocycles. The fourth-order valence-electron chi connectivity index (χ4n) is 3.68. The fraction of sp³-hybridized carbons (Fsp3) is 0.292. The van der Waals surface area contributed by atoms with Gasteiger partial charge in [0, 0.05) is 36.2 Å². The zero-order valence-corrected chi connectivity index (χ0v) is 18.2. The Hall–Kier alpha value is -3.61. The average molecular weight is 417 g/mol. The first-order valence-electron chi connectivity index (χ1n) is 10.6. The molecule has 1 fully saturated rings. The molecule has 4 rings (SSSR count). The van der Waals surface area contributed by atoms with Gasteiger partial charge in [-0.1, -0.05) is 12.1 Å². The monoisotopic (exact) mass is 416 g/mol. The number of aromatic nitrogens is 2. The zero-order chi connectivity index (χ0) is 21.8. The van der Waals surface area contributed by atoms with E-state index in [0.29, 0.717) is 5.69 Å². The third-order valence-electron chi connectivity index (χ3n) is 5.52. The Bertz CT molecular complexity index is 1070. The molecule has 3 aromatic rings. The molecule has 0 radical (unpaired) electrons. The van der Waals surface area contributed by atoms with Crippen molar-refractivity contribution in [3.63, 3.8) is 0 Å². The Morgan fingerprint density at radius 2 is 1.61 bits per heavy atom. The number of nitrogens with zero attached hydrogens (tertiary/aromatic N) is 3. The molecular weight excluding hydrogens is 388 g/mol. The molecule has 1 aromatic heterocycles. The summed E-state index contributed by atoms with van der Waals surface area (Å²) in [6, 6.07) is 15.1. The van der Waals surface area contributed by atoms with Gasteiger partial charge in [-0.3, -0.25) is 0 Å². The molecule has 7 nitrogen and oxygen atoms in total. The van der Waals surface area contributed by atoms with Gasteiger partial charge in [-0.05, 0) is 75.1 Å². The van der Waals surface area contributed by atoms with Crippen LogP contribution in [-0.4, -0.2) is 29.1 Å². The van der Waals surface area contributed by atoms with Gasteiger partial charge in [0.25, 0.3) is 0 Å². The van der Waals surface area contributed by atoms with E-state index >= 15 is 0 Å². The summed E-state index contributed by atoms with van der Waals surface area (Å²) in [5.41, 5.74) is 4.62. The number of carbonyl (C=O) groups is 1. The topological polar surface area (TPSA) is 82.2 Å². The van der Waals surface area contributed by atoms with E-state index < -0.39 is 0 Å². The number of amides is 2. The lowest BCUT2D eigenvalue weighted by atomic mass is 10.1. The number of aryl methyl sites for hydroxylation is 2. The minimum Gasteiger partial charge on any atom is -0.356 e. The average Bonchev–Trinajstić information content (AvgIpc) is 3.27. The van der Waals surface area contributed by atoms with Gasteiger partial charge >= 0.3 is 6.03 Å². The molecule has 1 aliphatic rings. The van der Waals surface area contributed by atoms with Crippen LogP contribution < -0.4 is 20.9 Å². The van der Waals surface area contributed by atoms with Gasteiger partial charge in [0.05, 0.1) is 0 Å². The Balaban J connectivity index is 1.39. The van der Waals surface area contributed by atoms with Crippen molar-refractivity contribution in [3.8, 4) is 0 Å². The second-order valence-corrected chi connectivity index (χ2v) is 7.88. The maximum absolute atomic E-state index is 12.4. The summed E-state index contributed by atoms with van der Waals surface area (Å²) in [5, 5.41) is 9.12. The van der Waals surface area contributed by atoms with Crippen molar-refractivity contribution >= 4 is 34.7 Å². The Morgan fingerprint density at radius 1 is 0.903 bits per heavy atom. The van der Waals surface area contributed by atoms with Crippen LogP contribution >= 0.6 is 0 Å². The highest BCUT2D eigenvalue weighted by Gasteiger charge is 2.15. The summed E-state index contributed by atoms with van der Waals surface area (Å²) in [5.74, 6) is 2.48. The Morgan fingerprint density at radius 3 is 2.35 bits per heavy atom. The number of carbonyl (C=O) groups excluding carboxylic acids is 1. The van der Waals surface area contributed by atoms with Crippen LogP contribution in [0.25, 0.3) is 0 Å². The summed E-state index contributed by atoms with van der Waals surface area (Å²) in [6.07, 6.45) is 2.41. The quantitative estimate of drug-likeness (QED) is 0.519. The van der Waals surface area contributed by atoms with Crippen LogP contribution in [0.3, 0.4) is 0 Å². The molecule has 31 heavy (non-hydrogen) atoms. The molecule has 2 amide bonds. The van der Waals surface area contributed by atoms with Crippen molar-refractivity contribution in [2.75, 3.05) is 33.9 Å². The van der Waals surface area contributed by atoms with Crippen LogP contribution in [0.2, 0.25) is 0 Å². The van der Waals surface area contributed by atoms with Gasteiger partial charge in [-0.25, -0.2) is 14.8 Å². The highest BCUT2D eigenvalue weighted by Crippen LogP contribution is 2.24. The van der Waals surface area contributed by atoms with Crippen molar-refractivity contribution in [3.05, 3.63) is 65.5 Å². The number of urea groups is 1. The standard InChI is InChI=1S/C24H28N6O/c1-16-7-6-8-21(17(16)2)29-24(31)28-20-11-9-19(10-12-20)27-22-15-23(26-18(3)25-22)30-13-4-5-14-30/h6-12,15H,4-5,13-14H2,1-3H3,(H,25,26,27)(H2,28,29,31). The largest absolute Gasteiger partial charge is 0.356 e. The van der Waals surface area contributed by atoms with Crippen molar-refractivity contribution < 1.29 is 4.79 Å². The molecular formula is C24H28N6O. The molecule has 0 atom stereocenters. The lowest BCUT2D eigenvalue weighted by molar-refractivity contribution is 0.262. The lowest BCUT2D eigenvalue weighted by Gasteiger charge is -2.18. The van der Waals surface area contributed by atoms with Crippen LogP contribution in [0.4, 0.5) is 33.5 Å². The highest BCUT2D eigenvalue weighted by molar-refractivity contribution is 6.00. The van der Waals surface area contributed by atoms with E-state index in [1.54, 1.807) is 0 Å². The maximum Gasteiger partial charge on any atom is 0.323 e. The van der Waals surface area contributed by atoms with E-state index in [2.05, 4.69) is 30.8 Å². The molecule has 0 spiro atoms. The summed E-state index contributed by atoms with van der Waals surface area (Å²) < 4.78 is 0. The van der Waals surface area contributed by atoms with Crippen LogP contribution in [0.15, 0.2) is 48.5 Å². The molecule has 160 valence electrons. The molecule has 3 N–H and O–H groups in total. The molecule has 1 saturated heterocycles. The Labute approximate surface area is 182 Å². The normalized spacial score (nSPS) is 13.2. The SMILES string of the molecule is Cc1nc(Nc2ccc(NC(=O)Nc3cccc(C)c3C)cc2)cc(N2CCCC2)n1. The van der Waals surface area contributed by atoms with E-state index in [-0.39, 0.29) is 6.03 Å². The first-order valence-corrected chi connectivity index (χ1v) is 10.6. The first-order chi connectivity index (χ1) is 15.0. The van der Waals surface area contributed by atoms with Crippen molar-refractivity contribution in [2.45, 2.75) is 33.6 Å². The number of hydrogen-bond donors (Lipinski definition) is 3. The summed E-state index contributed by atoms with van der Waals surface area (Å²) in [4.78, 5) is 23.7. The number of nitrogens with one attached hydrogen (secondary N) is 3. The van der Waals surface area contributed by atoms with E-state index in [1.165, 1.54) is 12.8 Å². The molecule has 7 heteroatoms. The number of rotatable bonds is 5. The van der Waals surface area contributed by atoms with Crippen molar-refractivity contribution in [1.82, 2.24) is 9.97 Å². The van der Waals surface area contributed by atoms with Crippen molar-refractivity contribution in [2.24, 2.45) is 0 Å². The molecule has 2 aromatic carbocycles. The molecule has 0 bridgehead atoms. The van der Waals surface area contributed by atoms with E-state index in [9.17, 15) is 4.79 Å². The number of hydrogen-bond acceptors (Lipinski definition) is 5. The predicted molar refractivity (Wildman–Crippen MR) is 126 cm³/mol. The van der Waals surface area contributed by atoms with Gasteiger partial charge in [0.2, 0.25) is 0 Å². The second-order valence-electron chi connectivity index (χ2n) is 7.88. The second kappa shape index (κ2) is 9.04. The van der Waals surface area contributed by atoms with E-state index in [1.807, 2.05) is 69.3 Å². The third-order valence-corrected chi connectivity index (χ3v) is 5.52. The van der Waals surface area contributed by atoms with Crippen molar-refractivity contribution in [1.29, 1.82) is 0 Å². The minimum absolute atomic E-state index is 0.268. The minimum atomic E-state index is -0.268. The van der Waals surface area contributed by atoms with Gasteiger partial charge in [0.15, 0.2) is 0 Å². The fourth-order valence-corrected chi connectivity index (χ4v) is 3.68. The zero-order valence-electron chi connectivity index (χ0n) is 18.2. The number of benzene rings is 2. The van der Waals surface area contributed by atoms with E-state index in [4.69, 9.17) is 0 Å². The summed E-state index contributed by atoms with van der Waals surface area (Å²) in [7, 11) is 0. The molecule has 2 heterocycles. The van der Waals surface area contributed by atoms with Gasteiger partial charge in [0.1, 0.15) is 17.5 Å². The molecule has 0 saturated carbocycles. The predicted octanol–water partition coefficient (Wildman–Crippen LogP) is 5.39. The Kier molecular flexibility index (Phi) is 6.02. The maximum atomic E-state index is 12.4. The first kappa shape index (κ1) is 20.7. The van der Waals surface area contributed by atoms with Gasteiger partial charge in [-0.15, -0.1) is 0 Å². The molecule has 1 aliphatic heterocycles. The van der Waals surface area contributed by atoms with Gasteiger partial charge < -0.3 is 20.9 Å². The lowest BCUT2D eigenvalue weighted by Crippen LogP contribution is -2.20. The van der Waals surface area contributed by atoms with Crippen LogP contribution in [0.1, 0.15) is 29.8 Å². The molecule has 0 unspecified atom stereocenters. The van der Waals surface area contributed by atoms with Gasteiger partial charge in [-0.2, -0.15) is 0 Å². The van der Waals surface area contributed by atoms with Crippen LogP contribution in [-0.2, 0) is 0 Å². The highest BCUT2D eigenvalue weighted by atomic mass is 16.2.